The first kappa shape index (κ1) is 69.1. The zero-order chi connectivity index (χ0) is 61.4. The normalized spacial score (nSPS) is 14.1. The molecule has 2 heterocycles. The molecule has 0 fully saturated rings. The lowest BCUT2D eigenvalue weighted by Gasteiger charge is -2.38. The molecule has 0 spiro atoms. The van der Waals surface area contributed by atoms with E-state index < -0.39 is 38.5 Å². The molecule has 9 rings (SSSR count). The first-order chi connectivity index (χ1) is 40.7. The van der Waals surface area contributed by atoms with Crippen LogP contribution in [0.25, 0.3) is 6.08 Å². The Bertz CT molecular complexity index is 3530. The molecule has 18 heteroatoms. The van der Waals surface area contributed by atoms with Crippen molar-refractivity contribution in [2.45, 2.75) is 99.6 Å². The highest BCUT2D eigenvalue weighted by atomic mass is 32.2. The van der Waals surface area contributed by atoms with Crippen LogP contribution in [0.1, 0.15) is 112 Å². The quantitative estimate of drug-likeness (QED) is 0.0231. The molecule has 0 saturated heterocycles. The van der Waals surface area contributed by atoms with Gasteiger partial charge in [0.15, 0.2) is 23.0 Å². The van der Waals surface area contributed by atoms with Gasteiger partial charge in [0.2, 0.25) is 15.0 Å². The zero-order valence-corrected chi connectivity index (χ0v) is 52.0. The predicted octanol–water partition coefficient (Wildman–Crippen LogP) is 13.6. The number of anilines is 1. The number of nitrogens with two attached hydrogens (primary N) is 1. The monoisotopic (exact) mass is 1210 g/mol. The van der Waals surface area contributed by atoms with Gasteiger partial charge < -0.3 is 44.6 Å². The molecule has 0 bridgehead atoms. The van der Waals surface area contributed by atoms with Crippen LogP contribution in [0.4, 0.5) is 10.5 Å². The second-order valence-electron chi connectivity index (χ2n) is 21.7. The number of carbonyl (C=O) groups excluding carboxylic acids is 2. The Morgan fingerprint density at radius 2 is 1.13 bits per heavy atom. The van der Waals surface area contributed by atoms with E-state index in [2.05, 4.69) is 67.7 Å². The third kappa shape index (κ3) is 18.2. The Kier molecular flexibility index (Phi) is 25.1. The molecule has 7 aromatic carbocycles. The van der Waals surface area contributed by atoms with E-state index in [-0.39, 0.29) is 26.2 Å². The minimum absolute atomic E-state index is 0. The standard InChI is InChI=1S/C30H36N4O6S.C28H31NO3.C10H12O2.CH4.H3N/c1-30(2,3)40-29(35)33-16-15-22-17-27(39-19-21-11-7-5-8-12-21)26(38-4)18-24(22)25(33)20-41(36,37)28(31)34(32)23-13-9-6-10-14-23;1-19-14-22(15-20(2)28(19)31-4)10-11-25-24-17-26(30-3)27(16-23(24)12-13-29-25)32-18-21-8-6-5-7-9-21;1-7-4-9(6-11)5-8(2)10(7)12-3;;/h5-14,17-18,25,31H,15-16,19-20,32H2,1-4H3;5-11,14-17,25,29H,12-13,18H2,1-4H3;4-6H,1-3H3;1H4;1H3/b;11-10+;;;. The summed E-state index contributed by atoms with van der Waals surface area (Å²) in [4.78, 5) is 25.2. The number of hydrazine groups is 1. The average Bonchev–Trinajstić information content (AvgIpc) is 1.20. The van der Waals surface area contributed by atoms with Crippen LogP contribution in [-0.4, -0.2) is 83.7 Å². The summed E-state index contributed by atoms with van der Waals surface area (Å²) in [5.41, 5.74) is 11.8. The van der Waals surface area contributed by atoms with Crippen LogP contribution >= 0.6 is 0 Å². The Labute approximate surface area is 514 Å². The van der Waals surface area contributed by atoms with E-state index in [4.69, 9.17) is 44.4 Å². The topological polar surface area (TPSA) is 236 Å². The maximum atomic E-state index is 13.6. The molecule has 87 heavy (non-hydrogen) atoms. The number of fused-ring (bicyclic) bond motifs is 2. The SMILES string of the molecule is C.COc1c(C)cc(C=O)cc1C.COc1cc2c(cc1OCc1ccccc1)CCN(C(=O)OC(C)(C)C)C2CS(=O)(=O)C(=N)N(N)c1ccccc1.COc1cc2c(cc1OCc1ccccc1)CCNC2/C=C/c1cc(C)c(OC)c(C)c1.N. The summed E-state index contributed by atoms with van der Waals surface area (Å²) in [6, 6.07) is 43.2. The first-order valence-electron chi connectivity index (χ1n) is 28.0. The lowest BCUT2D eigenvalue weighted by molar-refractivity contribution is 0.0162. The van der Waals surface area contributed by atoms with Crippen molar-refractivity contribution in [3.8, 4) is 34.5 Å². The molecule has 2 aliphatic rings. The van der Waals surface area contributed by atoms with E-state index in [0.717, 1.165) is 86.2 Å². The van der Waals surface area contributed by atoms with Crippen LogP contribution < -0.4 is 50.7 Å². The minimum Gasteiger partial charge on any atom is -0.496 e. The van der Waals surface area contributed by atoms with Gasteiger partial charge in [0.1, 0.15) is 36.6 Å². The van der Waals surface area contributed by atoms with Crippen LogP contribution in [-0.2, 0) is 40.6 Å². The van der Waals surface area contributed by atoms with Gasteiger partial charge >= 0.3 is 6.09 Å². The van der Waals surface area contributed by atoms with Crippen molar-refractivity contribution in [3.63, 3.8) is 0 Å². The van der Waals surface area contributed by atoms with E-state index in [1.807, 2.05) is 80.6 Å². The molecule has 7 aromatic rings. The smallest absolute Gasteiger partial charge is 0.410 e. The summed E-state index contributed by atoms with van der Waals surface area (Å²) in [7, 11) is 2.28. The summed E-state index contributed by atoms with van der Waals surface area (Å²) < 4.78 is 66.9. The van der Waals surface area contributed by atoms with Gasteiger partial charge in [-0.3, -0.25) is 20.1 Å². The molecule has 2 unspecified atom stereocenters. The lowest BCUT2D eigenvalue weighted by atomic mass is 9.92. The van der Waals surface area contributed by atoms with Gasteiger partial charge in [0, 0.05) is 18.7 Å². The molecule has 0 aliphatic carbocycles. The van der Waals surface area contributed by atoms with Crippen molar-refractivity contribution in [1.29, 1.82) is 5.41 Å². The third-order valence-electron chi connectivity index (χ3n) is 14.3. The molecular weight excluding hydrogens is 1120 g/mol. The molecule has 1 amide bonds. The van der Waals surface area contributed by atoms with Crippen molar-refractivity contribution in [2.75, 3.05) is 52.3 Å². The number of benzene rings is 7. The number of carbonyl (C=O) groups is 2. The van der Waals surface area contributed by atoms with Crippen molar-refractivity contribution in [2.24, 2.45) is 5.84 Å². The Hall–Kier alpha value is -8.68. The maximum Gasteiger partial charge on any atom is 0.410 e. The number of amides is 1. The van der Waals surface area contributed by atoms with Crippen LogP contribution in [0.2, 0.25) is 0 Å². The molecule has 17 nitrogen and oxygen atoms in total. The van der Waals surface area contributed by atoms with Gasteiger partial charge in [0.05, 0.1) is 52.0 Å². The van der Waals surface area contributed by atoms with Crippen molar-refractivity contribution < 1.29 is 51.2 Å². The summed E-state index contributed by atoms with van der Waals surface area (Å²) in [6.07, 6.45) is 6.01. The number of amidine groups is 1. The zero-order valence-electron chi connectivity index (χ0n) is 51.2. The molecule has 2 aliphatic heterocycles. The Morgan fingerprint density at radius 1 is 0.667 bits per heavy atom. The molecular formula is C69H86N6O11S. The van der Waals surface area contributed by atoms with E-state index in [0.29, 0.717) is 47.9 Å². The largest absolute Gasteiger partial charge is 0.496 e. The van der Waals surface area contributed by atoms with E-state index in [1.54, 1.807) is 78.5 Å². The fraction of sp³-hybridized carbons (Fsp3) is 0.319. The number of sulfone groups is 1. The lowest BCUT2D eigenvalue weighted by Crippen LogP contribution is -2.48. The number of hydrogen-bond donors (Lipinski definition) is 4. The number of hydrogen-bond acceptors (Lipinski definition) is 15. The number of nitrogens with zero attached hydrogens (tertiary/aromatic N) is 2. The van der Waals surface area contributed by atoms with Crippen LogP contribution in [0, 0.1) is 33.1 Å². The molecule has 464 valence electrons. The first-order valence-corrected chi connectivity index (χ1v) is 29.7. The number of nitrogens with one attached hydrogen (secondary N) is 2. The number of aryl methyl sites for hydroxylation is 4. The maximum absolute atomic E-state index is 13.6. The van der Waals surface area contributed by atoms with Crippen LogP contribution in [0.15, 0.2) is 146 Å². The van der Waals surface area contributed by atoms with Crippen molar-refractivity contribution in [3.05, 3.63) is 212 Å². The minimum atomic E-state index is -4.27. The highest BCUT2D eigenvalue weighted by Crippen LogP contribution is 2.41. The number of ether oxygens (including phenoxy) is 7. The fourth-order valence-electron chi connectivity index (χ4n) is 10.3. The van der Waals surface area contributed by atoms with Gasteiger partial charge in [-0.1, -0.05) is 98.4 Å². The predicted molar refractivity (Wildman–Crippen MR) is 347 cm³/mol. The number of methoxy groups -OCH3 is 4. The van der Waals surface area contributed by atoms with Gasteiger partial charge in [-0.05, 0) is 183 Å². The second kappa shape index (κ2) is 31.6. The third-order valence-corrected chi connectivity index (χ3v) is 15.9. The van der Waals surface area contributed by atoms with E-state index in [1.165, 1.54) is 28.7 Å². The fourth-order valence-corrected chi connectivity index (χ4v) is 11.7. The second-order valence-corrected chi connectivity index (χ2v) is 23.7. The summed E-state index contributed by atoms with van der Waals surface area (Å²) >= 11 is 0. The Morgan fingerprint density at radius 3 is 1.59 bits per heavy atom. The van der Waals surface area contributed by atoms with Crippen molar-refractivity contribution in [1.82, 2.24) is 16.4 Å². The molecule has 7 N–H and O–H groups in total. The van der Waals surface area contributed by atoms with Crippen LogP contribution in [0.5, 0.6) is 34.5 Å². The highest BCUT2D eigenvalue weighted by molar-refractivity contribution is 8.06. The van der Waals surface area contributed by atoms with E-state index in [9.17, 15) is 18.0 Å². The summed E-state index contributed by atoms with van der Waals surface area (Å²) in [5, 5.41) is 12.1. The van der Waals surface area contributed by atoms with E-state index >= 15 is 0 Å². The molecule has 0 radical (unpaired) electrons. The molecule has 0 aromatic heterocycles. The highest BCUT2D eigenvalue weighted by Gasteiger charge is 2.39. The van der Waals surface area contributed by atoms with Gasteiger partial charge in [-0.25, -0.2) is 19.1 Å². The molecule has 0 saturated carbocycles. The van der Waals surface area contributed by atoms with Gasteiger partial charge in [-0.15, -0.1) is 0 Å². The number of para-hydroxylation sites is 1. The number of aldehydes is 1. The summed E-state index contributed by atoms with van der Waals surface area (Å²) in [5.74, 6) is 9.73. The molecule has 2 atom stereocenters. The number of rotatable bonds is 16. The summed E-state index contributed by atoms with van der Waals surface area (Å²) in [6.45, 7) is 15.2. The van der Waals surface area contributed by atoms with Crippen LogP contribution in [0.3, 0.4) is 0 Å². The average molecular weight is 1210 g/mol. The van der Waals surface area contributed by atoms with Gasteiger partial charge in [0.25, 0.3) is 0 Å². The Balaban J connectivity index is 0.000000266. The van der Waals surface area contributed by atoms with Gasteiger partial charge in [-0.2, -0.15) is 0 Å². The van der Waals surface area contributed by atoms with Crippen molar-refractivity contribution >= 4 is 39.1 Å².